The maximum atomic E-state index is 13.3. The van der Waals surface area contributed by atoms with Crippen LogP contribution in [0.15, 0.2) is 85.2 Å². The lowest BCUT2D eigenvalue weighted by Gasteiger charge is -2.07. The van der Waals surface area contributed by atoms with Crippen LogP contribution in [-0.2, 0) is 0 Å². The van der Waals surface area contributed by atoms with E-state index in [1.165, 1.54) is 36.7 Å². The van der Waals surface area contributed by atoms with Crippen LogP contribution in [0.3, 0.4) is 0 Å². The zero-order valence-corrected chi connectivity index (χ0v) is 23.6. The molecule has 0 spiro atoms. The molecule has 0 unspecified atom stereocenters. The highest BCUT2D eigenvalue weighted by Crippen LogP contribution is 2.27. The molecule has 2 aromatic carbocycles. The maximum absolute atomic E-state index is 13.3. The van der Waals surface area contributed by atoms with E-state index >= 15 is 0 Å². The monoisotopic (exact) mass is 618 g/mol. The highest BCUT2D eigenvalue weighted by atomic mass is 35.5. The van der Waals surface area contributed by atoms with Crippen molar-refractivity contribution in [3.63, 3.8) is 0 Å². The largest absolute Gasteiger partial charge is 0.478 e. The topological polar surface area (TPSA) is 219 Å². The number of hydrogen-bond donors (Lipinski definition) is 5. The fraction of sp³-hybridized carbons (Fsp3) is 0. The number of carbonyl (C=O) groups is 2. The number of nitrogens with two attached hydrogens (primary N) is 3. The number of anilines is 2. The van der Waals surface area contributed by atoms with E-state index in [1.807, 2.05) is 0 Å². The first-order valence-electron chi connectivity index (χ1n) is 12.3. The fourth-order valence-corrected chi connectivity index (χ4v) is 4.26. The first kappa shape index (κ1) is 32.7. The summed E-state index contributed by atoms with van der Waals surface area (Å²) in [6, 6.07) is 18.6. The number of benzene rings is 2. The van der Waals surface area contributed by atoms with Gasteiger partial charge in [0.1, 0.15) is 34.3 Å². The Kier molecular flexibility index (Phi) is 10.0. The number of primary amides is 1. The predicted octanol–water partition coefficient (Wildman–Crippen LogP) is 5.42. The first-order chi connectivity index (χ1) is 20.1. The van der Waals surface area contributed by atoms with Crippen molar-refractivity contribution in [2.75, 3.05) is 11.5 Å². The number of halogens is 3. The number of carboxylic acid groups (broad SMARTS) is 1. The molecule has 6 rings (SSSR count). The van der Waals surface area contributed by atoms with Crippen molar-refractivity contribution in [3.05, 3.63) is 108 Å². The van der Waals surface area contributed by atoms with Crippen molar-refractivity contribution in [2.24, 2.45) is 5.73 Å². The van der Waals surface area contributed by atoms with Crippen molar-refractivity contribution < 1.29 is 23.5 Å². The summed E-state index contributed by atoms with van der Waals surface area (Å²) < 4.78 is 26.6. The second-order valence-corrected chi connectivity index (χ2v) is 8.99. The van der Waals surface area contributed by atoms with Gasteiger partial charge in [0.15, 0.2) is 0 Å². The molecular weight excluding hydrogens is 594 g/mol. The summed E-state index contributed by atoms with van der Waals surface area (Å²) in [5.74, 6) is -2.12. The summed E-state index contributed by atoms with van der Waals surface area (Å²) in [6.07, 6.45) is 2.52. The molecule has 6 aromatic rings. The van der Waals surface area contributed by atoms with Crippen molar-refractivity contribution in [1.82, 2.24) is 26.1 Å². The quantitative estimate of drug-likeness (QED) is 0.169. The molecule has 224 valence electrons. The average molecular weight is 619 g/mol. The highest BCUT2D eigenvalue weighted by molar-refractivity contribution is 6.07. The average Bonchev–Trinajstić information content (AvgIpc) is 2.97. The SMILES string of the molecule is Cl.N.NC(=O)c1cnc(N)c2nc(-c3cccc(F)c3)ccc12.Nc1ncc(C(=O)O)c2ccc(-c3cccc(F)c3)nc12. The molecule has 0 saturated carbocycles. The number of rotatable bonds is 4. The molecule has 14 heteroatoms. The number of aromatic nitrogens is 4. The van der Waals surface area contributed by atoms with E-state index in [0.29, 0.717) is 38.8 Å². The van der Waals surface area contributed by atoms with Crippen molar-refractivity contribution in [3.8, 4) is 22.5 Å². The van der Waals surface area contributed by atoms with Gasteiger partial charge in [-0.2, -0.15) is 0 Å². The molecule has 44 heavy (non-hydrogen) atoms. The summed E-state index contributed by atoms with van der Waals surface area (Å²) in [6.45, 7) is 0. The normalized spacial score (nSPS) is 10.2. The standard InChI is InChI=1S/C15H11FN4O.C15H10FN3O2.ClH.H3N/c16-9-3-1-2-8(6-9)12-5-4-10-11(15(18)21)7-19-14(17)13(10)20-12;16-9-3-1-2-8(6-9)12-5-4-10-11(15(20)21)7-18-14(17)13(10)19-12;;/h1-7H,(H2,17,19)(H2,18,21);1-7H,(H2,17,18)(H,20,21);1H;1H3. The molecule has 0 fully saturated rings. The lowest BCUT2D eigenvalue weighted by molar-refractivity contribution is 0.0698. The van der Waals surface area contributed by atoms with Gasteiger partial charge in [-0.05, 0) is 48.5 Å². The van der Waals surface area contributed by atoms with Crippen LogP contribution in [0, 0.1) is 11.6 Å². The van der Waals surface area contributed by atoms with E-state index in [9.17, 15) is 18.4 Å². The number of carboxylic acids is 1. The number of nitrogen functional groups attached to an aromatic ring is 2. The number of carbonyl (C=O) groups excluding carboxylic acids is 1. The summed E-state index contributed by atoms with van der Waals surface area (Å²) in [5, 5.41) is 10.1. The Morgan fingerprint density at radius 1 is 0.682 bits per heavy atom. The molecule has 0 atom stereocenters. The molecular formula is C30H25ClF2N8O3. The molecule has 0 bridgehead atoms. The molecule has 0 aliphatic carbocycles. The Bertz CT molecular complexity index is 1880. The van der Waals surface area contributed by atoms with Gasteiger partial charge in [-0.3, -0.25) is 4.79 Å². The number of fused-ring (bicyclic) bond motifs is 2. The molecule has 4 aromatic heterocycles. The second-order valence-electron chi connectivity index (χ2n) is 8.99. The number of aromatic carboxylic acids is 1. The third kappa shape index (κ3) is 6.64. The molecule has 0 aliphatic rings. The molecule has 0 saturated heterocycles. The smallest absolute Gasteiger partial charge is 0.337 e. The zero-order valence-electron chi connectivity index (χ0n) is 22.7. The van der Waals surface area contributed by atoms with Crippen LogP contribution in [0.5, 0.6) is 0 Å². The van der Waals surface area contributed by atoms with Gasteiger partial charge < -0.3 is 28.5 Å². The van der Waals surface area contributed by atoms with Crippen LogP contribution >= 0.6 is 12.4 Å². The minimum absolute atomic E-state index is 0. The lowest BCUT2D eigenvalue weighted by Crippen LogP contribution is -2.13. The highest BCUT2D eigenvalue weighted by Gasteiger charge is 2.14. The third-order valence-electron chi connectivity index (χ3n) is 6.26. The van der Waals surface area contributed by atoms with Gasteiger partial charge >= 0.3 is 5.97 Å². The lowest BCUT2D eigenvalue weighted by atomic mass is 10.1. The Balaban J connectivity index is 0.000000230. The number of nitrogens with zero attached hydrogens (tertiary/aromatic N) is 4. The van der Waals surface area contributed by atoms with Crippen molar-refractivity contribution >= 4 is 57.7 Å². The fourth-order valence-electron chi connectivity index (χ4n) is 4.26. The van der Waals surface area contributed by atoms with Gasteiger partial charge in [0, 0.05) is 34.3 Å². The van der Waals surface area contributed by atoms with E-state index in [-0.39, 0.29) is 58.5 Å². The second kappa shape index (κ2) is 13.5. The van der Waals surface area contributed by atoms with E-state index < -0.39 is 11.9 Å². The molecule has 4 heterocycles. The third-order valence-corrected chi connectivity index (χ3v) is 6.26. The predicted molar refractivity (Wildman–Crippen MR) is 166 cm³/mol. The van der Waals surface area contributed by atoms with Crippen LogP contribution < -0.4 is 23.4 Å². The van der Waals surface area contributed by atoms with Crippen LogP contribution in [-0.4, -0.2) is 36.9 Å². The van der Waals surface area contributed by atoms with E-state index in [0.717, 1.165) is 0 Å². The Labute approximate surface area is 254 Å². The molecule has 1 amide bonds. The number of pyridine rings is 4. The van der Waals surface area contributed by atoms with Crippen LogP contribution in [0.25, 0.3) is 44.3 Å². The molecule has 11 nitrogen and oxygen atoms in total. The summed E-state index contributed by atoms with van der Waals surface area (Å²) in [7, 11) is 0. The van der Waals surface area contributed by atoms with Gasteiger partial charge in [-0.25, -0.2) is 33.5 Å². The summed E-state index contributed by atoms with van der Waals surface area (Å²) in [4.78, 5) is 39.0. The summed E-state index contributed by atoms with van der Waals surface area (Å²) in [5.41, 5.74) is 20.0. The minimum Gasteiger partial charge on any atom is -0.478 e. The van der Waals surface area contributed by atoms with Crippen LogP contribution in [0.2, 0.25) is 0 Å². The van der Waals surface area contributed by atoms with Crippen LogP contribution in [0.1, 0.15) is 20.7 Å². The minimum atomic E-state index is -1.10. The van der Waals surface area contributed by atoms with Crippen LogP contribution in [0.4, 0.5) is 20.4 Å². The van der Waals surface area contributed by atoms with Gasteiger partial charge in [0.2, 0.25) is 0 Å². The Morgan fingerprint density at radius 3 is 1.52 bits per heavy atom. The molecule has 10 N–H and O–H groups in total. The van der Waals surface area contributed by atoms with Crippen molar-refractivity contribution in [1.29, 1.82) is 0 Å². The number of amides is 1. The van der Waals surface area contributed by atoms with Gasteiger partial charge in [-0.1, -0.05) is 24.3 Å². The Morgan fingerprint density at radius 2 is 1.11 bits per heavy atom. The maximum Gasteiger partial charge on any atom is 0.337 e. The zero-order chi connectivity index (χ0) is 30.0. The Hall–Kier alpha value is -5.79. The first-order valence-corrected chi connectivity index (χ1v) is 12.3. The molecule has 0 aliphatic heterocycles. The van der Waals surface area contributed by atoms with Gasteiger partial charge in [0.25, 0.3) is 5.91 Å². The molecule has 0 radical (unpaired) electrons. The van der Waals surface area contributed by atoms with Gasteiger partial charge in [-0.15, -0.1) is 12.4 Å². The van der Waals surface area contributed by atoms with Gasteiger partial charge in [0.05, 0.1) is 22.5 Å². The summed E-state index contributed by atoms with van der Waals surface area (Å²) >= 11 is 0. The van der Waals surface area contributed by atoms with E-state index in [4.69, 9.17) is 22.3 Å². The number of hydrogen-bond acceptors (Lipinski definition) is 9. The van der Waals surface area contributed by atoms with Crippen molar-refractivity contribution in [2.45, 2.75) is 0 Å². The van der Waals surface area contributed by atoms with E-state index in [1.54, 1.807) is 48.5 Å². The van der Waals surface area contributed by atoms with E-state index in [2.05, 4.69) is 19.9 Å².